The Hall–Kier alpha value is -1.20. The molecule has 5 heteroatoms. The first-order valence-corrected chi connectivity index (χ1v) is 7.54. The van der Waals surface area contributed by atoms with Crippen LogP contribution in [-0.2, 0) is 11.2 Å². The van der Waals surface area contributed by atoms with E-state index in [9.17, 15) is 9.18 Å². The lowest BCUT2D eigenvalue weighted by Crippen LogP contribution is -2.15. The van der Waals surface area contributed by atoms with Crippen LogP contribution in [-0.4, -0.2) is 5.91 Å². The molecule has 0 atom stereocenters. The Morgan fingerprint density at radius 1 is 1.20 bits per heavy atom. The Balaban J connectivity index is 2.08. The van der Waals surface area contributed by atoms with Gasteiger partial charge in [-0.15, -0.1) is 0 Å². The number of benzene rings is 2. The predicted octanol–water partition coefficient (Wildman–Crippen LogP) is 4.84. The van der Waals surface area contributed by atoms with Gasteiger partial charge in [0.1, 0.15) is 5.82 Å². The van der Waals surface area contributed by atoms with Crippen LogP contribution in [0.4, 0.5) is 10.1 Å². The first-order valence-electron chi connectivity index (χ1n) is 5.95. The topological polar surface area (TPSA) is 29.1 Å². The molecule has 0 saturated heterocycles. The fourth-order valence-electron chi connectivity index (χ4n) is 1.76. The molecule has 20 heavy (non-hydrogen) atoms. The van der Waals surface area contributed by atoms with Crippen molar-refractivity contribution < 1.29 is 9.18 Å². The van der Waals surface area contributed by atoms with Gasteiger partial charge in [0.15, 0.2) is 0 Å². The molecule has 0 aromatic heterocycles. The third-order valence-electron chi connectivity index (χ3n) is 2.82. The number of halogens is 3. The maximum atomic E-state index is 13.5. The van der Waals surface area contributed by atoms with Gasteiger partial charge in [0.05, 0.1) is 10.9 Å². The number of amides is 1. The summed E-state index contributed by atoms with van der Waals surface area (Å²) >= 11 is 6.46. The van der Waals surface area contributed by atoms with E-state index in [2.05, 4.69) is 37.2 Å². The Labute approximate surface area is 133 Å². The molecule has 0 bridgehead atoms. The molecule has 0 heterocycles. The summed E-state index contributed by atoms with van der Waals surface area (Å²) in [6, 6.07) is 10.5. The molecule has 0 saturated carbocycles. The van der Waals surface area contributed by atoms with Crippen LogP contribution in [0.1, 0.15) is 11.1 Å². The van der Waals surface area contributed by atoms with E-state index < -0.39 is 5.82 Å². The van der Waals surface area contributed by atoms with Gasteiger partial charge >= 0.3 is 0 Å². The van der Waals surface area contributed by atoms with E-state index in [0.29, 0.717) is 10.2 Å². The van der Waals surface area contributed by atoms with Crippen molar-refractivity contribution in [3.05, 3.63) is 62.3 Å². The normalized spacial score (nSPS) is 10.4. The lowest BCUT2D eigenvalue weighted by atomic mass is 10.1. The summed E-state index contributed by atoms with van der Waals surface area (Å²) in [6.07, 6.45) is 0.254. The Bertz CT molecular complexity index is 641. The minimum Gasteiger partial charge on any atom is -0.325 e. The maximum Gasteiger partial charge on any atom is 0.228 e. The number of carbonyl (C=O) groups excluding carboxylic acids is 1. The molecule has 104 valence electrons. The molecule has 2 aromatic carbocycles. The molecule has 0 radical (unpaired) electrons. The lowest BCUT2D eigenvalue weighted by Gasteiger charge is -2.09. The van der Waals surface area contributed by atoms with E-state index in [1.807, 2.05) is 31.2 Å². The summed E-state index contributed by atoms with van der Waals surface area (Å²) in [5.41, 5.74) is 2.20. The van der Waals surface area contributed by atoms with Crippen LogP contribution in [0.15, 0.2) is 45.3 Å². The number of nitrogens with one attached hydrogen (secondary N) is 1. The summed E-state index contributed by atoms with van der Waals surface area (Å²) in [5.74, 6) is -0.563. The highest BCUT2D eigenvalue weighted by Crippen LogP contribution is 2.24. The second kappa shape index (κ2) is 6.50. The van der Waals surface area contributed by atoms with Gasteiger partial charge in [-0.05, 0) is 58.2 Å². The van der Waals surface area contributed by atoms with E-state index in [1.165, 1.54) is 6.07 Å². The van der Waals surface area contributed by atoms with Crippen LogP contribution in [0.3, 0.4) is 0 Å². The number of hydrogen-bond acceptors (Lipinski definition) is 1. The minimum atomic E-state index is -0.394. The van der Waals surface area contributed by atoms with Crippen LogP contribution in [0.2, 0.25) is 0 Å². The average Bonchev–Trinajstić information content (AvgIpc) is 2.39. The van der Waals surface area contributed by atoms with E-state index >= 15 is 0 Å². The molecule has 2 rings (SSSR count). The van der Waals surface area contributed by atoms with Gasteiger partial charge in [-0.3, -0.25) is 4.79 Å². The molecule has 0 aliphatic carbocycles. The number of rotatable bonds is 3. The van der Waals surface area contributed by atoms with Crippen molar-refractivity contribution in [1.82, 2.24) is 0 Å². The number of aryl methyl sites for hydroxylation is 1. The third kappa shape index (κ3) is 3.90. The highest BCUT2D eigenvalue weighted by atomic mass is 79.9. The monoisotopic (exact) mass is 399 g/mol. The fourth-order valence-corrected chi connectivity index (χ4v) is 2.49. The molecule has 0 spiro atoms. The SMILES string of the molecule is Cc1cc(Br)c(F)cc1NC(=O)Cc1ccc(Br)cc1. The Kier molecular flexibility index (Phi) is 4.94. The molecule has 2 nitrogen and oxygen atoms in total. The van der Waals surface area contributed by atoms with E-state index in [4.69, 9.17) is 0 Å². The largest absolute Gasteiger partial charge is 0.325 e. The van der Waals surface area contributed by atoms with Crippen LogP contribution < -0.4 is 5.32 Å². The van der Waals surface area contributed by atoms with Gasteiger partial charge in [-0.25, -0.2) is 4.39 Å². The second-order valence-electron chi connectivity index (χ2n) is 4.43. The summed E-state index contributed by atoms with van der Waals surface area (Å²) < 4.78 is 14.8. The zero-order valence-electron chi connectivity index (χ0n) is 10.7. The van der Waals surface area contributed by atoms with Crippen LogP contribution in [0.5, 0.6) is 0 Å². The van der Waals surface area contributed by atoms with Gasteiger partial charge in [0.25, 0.3) is 0 Å². The highest BCUT2D eigenvalue weighted by Gasteiger charge is 2.09. The second-order valence-corrected chi connectivity index (χ2v) is 6.20. The standard InChI is InChI=1S/C15H12Br2FNO/c1-9-6-12(17)13(18)8-14(9)19-15(20)7-10-2-4-11(16)5-3-10/h2-6,8H,7H2,1H3,(H,19,20). The Morgan fingerprint density at radius 2 is 1.85 bits per heavy atom. The fraction of sp³-hybridized carbons (Fsp3) is 0.133. The summed E-state index contributed by atoms with van der Waals surface area (Å²) in [6.45, 7) is 1.82. The average molecular weight is 401 g/mol. The summed E-state index contributed by atoms with van der Waals surface area (Å²) in [7, 11) is 0. The van der Waals surface area contributed by atoms with Crippen LogP contribution >= 0.6 is 31.9 Å². The highest BCUT2D eigenvalue weighted by molar-refractivity contribution is 9.10. The molecule has 2 aromatic rings. The van der Waals surface area contributed by atoms with E-state index in [0.717, 1.165) is 15.6 Å². The molecule has 0 fully saturated rings. The molecule has 1 N–H and O–H groups in total. The van der Waals surface area contributed by atoms with E-state index in [-0.39, 0.29) is 12.3 Å². The van der Waals surface area contributed by atoms with Gasteiger partial charge in [-0.1, -0.05) is 28.1 Å². The first-order chi connectivity index (χ1) is 9.45. The van der Waals surface area contributed by atoms with Crippen molar-refractivity contribution in [2.45, 2.75) is 13.3 Å². The molecule has 0 aliphatic heterocycles. The quantitative estimate of drug-likeness (QED) is 0.784. The number of carbonyl (C=O) groups is 1. The van der Waals surface area contributed by atoms with Crippen molar-refractivity contribution in [3.8, 4) is 0 Å². The predicted molar refractivity (Wildman–Crippen MR) is 85.3 cm³/mol. The number of hydrogen-bond donors (Lipinski definition) is 1. The molecule has 0 aliphatic rings. The number of anilines is 1. The first kappa shape index (κ1) is 15.2. The summed E-state index contributed by atoms with van der Waals surface area (Å²) in [4.78, 5) is 12.0. The Morgan fingerprint density at radius 3 is 2.50 bits per heavy atom. The minimum absolute atomic E-state index is 0.169. The van der Waals surface area contributed by atoms with Crippen molar-refractivity contribution >= 4 is 43.5 Å². The summed E-state index contributed by atoms with van der Waals surface area (Å²) in [5, 5.41) is 2.73. The smallest absolute Gasteiger partial charge is 0.228 e. The van der Waals surface area contributed by atoms with Crippen molar-refractivity contribution in [2.24, 2.45) is 0 Å². The van der Waals surface area contributed by atoms with E-state index in [1.54, 1.807) is 6.07 Å². The van der Waals surface area contributed by atoms with Crippen LogP contribution in [0, 0.1) is 12.7 Å². The lowest BCUT2D eigenvalue weighted by molar-refractivity contribution is -0.115. The van der Waals surface area contributed by atoms with Gasteiger partial charge < -0.3 is 5.32 Å². The van der Waals surface area contributed by atoms with Gasteiger partial charge in [-0.2, -0.15) is 0 Å². The third-order valence-corrected chi connectivity index (χ3v) is 3.96. The molecule has 0 unspecified atom stereocenters. The van der Waals surface area contributed by atoms with Crippen molar-refractivity contribution in [2.75, 3.05) is 5.32 Å². The van der Waals surface area contributed by atoms with Gasteiger partial charge in [0.2, 0.25) is 5.91 Å². The van der Waals surface area contributed by atoms with Crippen molar-refractivity contribution in [1.29, 1.82) is 0 Å². The molecular formula is C15H12Br2FNO. The maximum absolute atomic E-state index is 13.5. The zero-order chi connectivity index (χ0) is 14.7. The van der Waals surface area contributed by atoms with Crippen LogP contribution in [0.25, 0.3) is 0 Å². The molecular weight excluding hydrogens is 389 g/mol. The zero-order valence-corrected chi connectivity index (χ0v) is 13.9. The molecule has 1 amide bonds. The van der Waals surface area contributed by atoms with Gasteiger partial charge in [0, 0.05) is 10.2 Å². The van der Waals surface area contributed by atoms with Crippen molar-refractivity contribution in [3.63, 3.8) is 0 Å².